The maximum atomic E-state index is 10.6. The molecule has 0 saturated heterocycles. The first-order chi connectivity index (χ1) is 5.66. The average Bonchev–Trinajstić information content (AvgIpc) is 2.03. The van der Waals surface area contributed by atoms with E-state index in [0.717, 1.165) is 0 Å². The van der Waals surface area contributed by atoms with Crippen molar-refractivity contribution in [3.8, 4) is 5.75 Å². The van der Waals surface area contributed by atoms with Crippen molar-refractivity contribution in [2.75, 3.05) is 7.11 Å². The minimum atomic E-state index is -1.10. The van der Waals surface area contributed by atoms with Gasteiger partial charge in [-0.25, -0.2) is 9.78 Å². The second-order valence-electron chi connectivity index (χ2n) is 1.98. The highest BCUT2D eigenvalue weighted by Crippen LogP contribution is 2.26. The minimum absolute atomic E-state index is 0. The van der Waals surface area contributed by atoms with E-state index in [-0.39, 0.29) is 23.9 Å². The van der Waals surface area contributed by atoms with Crippen LogP contribution in [0.3, 0.4) is 0 Å². The van der Waals surface area contributed by atoms with Crippen LogP contribution in [0.4, 0.5) is 0 Å². The van der Waals surface area contributed by atoms with E-state index in [2.05, 4.69) is 20.9 Å². The van der Waals surface area contributed by atoms with Crippen molar-refractivity contribution in [2.45, 2.75) is 0 Å². The lowest BCUT2D eigenvalue weighted by atomic mass is 10.3. The molecule has 4 nitrogen and oxygen atoms in total. The summed E-state index contributed by atoms with van der Waals surface area (Å²) in [5, 5.41) is 8.66. The van der Waals surface area contributed by atoms with Crippen LogP contribution in [0.1, 0.15) is 10.5 Å². The summed E-state index contributed by atoms with van der Waals surface area (Å²) in [4.78, 5) is 14.2. The van der Waals surface area contributed by atoms with Crippen molar-refractivity contribution < 1.29 is 14.6 Å². The molecule has 1 heterocycles. The van der Waals surface area contributed by atoms with Crippen molar-refractivity contribution in [3.05, 3.63) is 22.4 Å². The molecule has 0 atom stereocenters. The maximum absolute atomic E-state index is 10.6. The molecule has 72 valence electrons. The fourth-order valence-corrected chi connectivity index (χ4v) is 1.24. The third-order valence-corrected chi connectivity index (χ3v) is 1.89. The smallest absolute Gasteiger partial charge is 0.358 e. The SMILES string of the molecule is COc1c(Br)ccnc1C(=O)O.Cl. The van der Waals surface area contributed by atoms with Crippen molar-refractivity contribution in [2.24, 2.45) is 0 Å². The normalized spacial score (nSPS) is 8.77. The Kier molecular flexibility index (Phi) is 4.72. The van der Waals surface area contributed by atoms with Crippen LogP contribution >= 0.6 is 28.3 Å². The van der Waals surface area contributed by atoms with E-state index < -0.39 is 5.97 Å². The van der Waals surface area contributed by atoms with Crippen LogP contribution in [-0.4, -0.2) is 23.2 Å². The summed E-state index contributed by atoms with van der Waals surface area (Å²) < 4.78 is 5.43. The maximum Gasteiger partial charge on any atom is 0.358 e. The second-order valence-corrected chi connectivity index (χ2v) is 2.83. The molecule has 0 aliphatic heterocycles. The molecule has 1 aromatic rings. The van der Waals surface area contributed by atoms with E-state index in [9.17, 15) is 4.79 Å². The third kappa shape index (κ3) is 2.57. The number of hydrogen-bond acceptors (Lipinski definition) is 3. The molecule has 6 heteroatoms. The van der Waals surface area contributed by atoms with E-state index in [1.165, 1.54) is 13.3 Å². The summed E-state index contributed by atoms with van der Waals surface area (Å²) in [6.45, 7) is 0. The van der Waals surface area contributed by atoms with E-state index in [4.69, 9.17) is 9.84 Å². The van der Waals surface area contributed by atoms with Gasteiger partial charge in [0.05, 0.1) is 11.6 Å². The Balaban J connectivity index is 0.00000144. The Morgan fingerprint density at radius 2 is 2.31 bits per heavy atom. The monoisotopic (exact) mass is 267 g/mol. The van der Waals surface area contributed by atoms with Crippen molar-refractivity contribution >= 4 is 34.3 Å². The number of ether oxygens (including phenoxy) is 1. The van der Waals surface area contributed by atoms with Crippen LogP contribution in [0, 0.1) is 0 Å². The molecule has 0 spiro atoms. The molecule has 0 amide bonds. The number of rotatable bonds is 2. The van der Waals surface area contributed by atoms with Gasteiger partial charge >= 0.3 is 5.97 Å². The number of carbonyl (C=O) groups is 1. The van der Waals surface area contributed by atoms with Crippen molar-refractivity contribution in [3.63, 3.8) is 0 Å². The lowest BCUT2D eigenvalue weighted by molar-refractivity contribution is 0.0686. The van der Waals surface area contributed by atoms with Crippen LogP contribution in [0.25, 0.3) is 0 Å². The fourth-order valence-electron chi connectivity index (χ4n) is 0.771. The quantitative estimate of drug-likeness (QED) is 0.891. The first-order valence-electron chi connectivity index (χ1n) is 3.08. The van der Waals surface area contributed by atoms with Crippen LogP contribution < -0.4 is 4.74 Å². The molecule has 0 radical (unpaired) electrons. The predicted octanol–water partition coefficient (Wildman–Crippen LogP) is 1.97. The van der Waals surface area contributed by atoms with Gasteiger partial charge in [0.2, 0.25) is 0 Å². The lowest BCUT2D eigenvalue weighted by Gasteiger charge is -2.04. The molecule has 0 saturated carbocycles. The zero-order chi connectivity index (χ0) is 9.14. The average molecular weight is 268 g/mol. The first-order valence-corrected chi connectivity index (χ1v) is 3.88. The molecule has 1 aromatic heterocycles. The molecular formula is C7H7BrClNO3. The van der Waals surface area contributed by atoms with Crippen LogP contribution in [-0.2, 0) is 0 Å². The number of carboxylic acids is 1. The highest BCUT2D eigenvalue weighted by molar-refractivity contribution is 9.10. The summed E-state index contributed by atoms with van der Waals surface area (Å²) in [6, 6.07) is 1.62. The summed E-state index contributed by atoms with van der Waals surface area (Å²) in [7, 11) is 1.40. The third-order valence-electron chi connectivity index (χ3n) is 1.26. The first kappa shape index (κ1) is 12.2. The minimum Gasteiger partial charge on any atom is -0.493 e. The summed E-state index contributed by atoms with van der Waals surface area (Å²) >= 11 is 3.15. The molecule has 1 N–H and O–H groups in total. The van der Waals surface area contributed by atoms with Crippen LogP contribution in [0.15, 0.2) is 16.7 Å². The zero-order valence-electron chi connectivity index (χ0n) is 6.65. The number of aromatic nitrogens is 1. The number of pyridine rings is 1. The van der Waals surface area contributed by atoms with Gasteiger partial charge in [-0.15, -0.1) is 12.4 Å². The van der Waals surface area contributed by atoms with Crippen LogP contribution in [0.2, 0.25) is 0 Å². The van der Waals surface area contributed by atoms with E-state index in [1.54, 1.807) is 6.07 Å². The van der Waals surface area contributed by atoms with Crippen molar-refractivity contribution in [1.82, 2.24) is 4.98 Å². The predicted molar refractivity (Wildman–Crippen MR) is 52.7 cm³/mol. The highest BCUT2D eigenvalue weighted by atomic mass is 79.9. The fraction of sp³-hybridized carbons (Fsp3) is 0.143. The number of nitrogens with zero attached hydrogens (tertiary/aromatic N) is 1. The highest BCUT2D eigenvalue weighted by Gasteiger charge is 2.14. The standard InChI is InChI=1S/C7H6BrNO3.ClH/c1-12-6-4(8)2-3-9-5(6)7(10)11;/h2-3H,1H3,(H,10,11);1H. The lowest BCUT2D eigenvalue weighted by Crippen LogP contribution is -2.03. The molecule has 13 heavy (non-hydrogen) atoms. The van der Waals surface area contributed by atoms with Crippen LogP contribution in [0.5, 0.6) is 5.75 Å². The number of aromatic carboxylic acids is 1. The topological polar surface area (TPSA) is 59.4 Å². The summed E-state index contributed by atoms with van der Waals surface area (Å²) in [5.41, 5.74) is -0.0909. The zero-order valence-corrected chi connectivity index (χ0v) is 9.05. The Bertz CT molecular complexity index is 319. The molecule has 0 aliphatic rings. The summed E-state index contributed by atoms with van der Waals surface area (Å²) in [6.07, 6.45) is 1.40. The Hall–Kier alpha value is -0.810. The molecule has 0 fully saturated rings. The Labute approximate surface area is 89.5 Å². The Morgan fingerprint density at radius 1 is 1.69 bits per heavy atom. The largest absolute Gasteiger partial charge is 0.493 e. The molecule has 1 rings (SSSR count). The van der Waals surface area contributed by atoms with Gasteiger partial charge < -0.3 is 9.84 Å². The summed E-state index contributed by atoms with van der Waals surface area (Å²) in [5.74, 6) is -0.863. The van der Waals surface area contributed by atoms with Crippen molar-refractivity contribution in [1.29, 1.82) is 0 Å². The van der Waals surface area contributed by atoms with Gasteiger partial charge in [0, 0.05) is 6.20 Å². The number of carboxylic acid groups (broad SMARTS) is 1. The number of methoxy groups -OCH3 is 1. The Morgan fingerprint density at radius 3 is 2.69 bits per heavy atom. The number of halogens is 2. The molecule has 0 aliphatic carbocycles. The van der Waals surface area contributed by atoms with E-state index in [0.29, 0.717) is 4.47 Å². The number of hydrogen-bond donors (Lipinski definition) is 1. The van der Waals surface area contributed by atoms with Gasteiger partial charge in [0.25, 0.3) is 0 Å². The molecular weight excluding hydrogens is 261 g/mol. The molecule has 0 bridgehead atoms. The van der Waals surface area contributed by atoms with Gasteiger partial charge in [-0.2, -0.15) is 0 Å². The van der Waals surface area contributed by atoms with E-state index >= 15 is 0 Å². The van der Waals surface area contributed by atoms with Gasteiger partial charge in [-0.1, -0.05) is 0 Å². The second kappa shape index (κ2) is 5.04. The van der Waals surface area contributed by atoms with Gasteiger partial charge in [0.15, 0.2) is 11.4 Å². The van der Waals surface area contributed by atoms with Gasteiger partial charge in [-0.3, -0.25) is 0 Å². The van der Waals surface area contributed by atoms with Gasteiger partial charge in [0.1, 0.15) is 0 Å². The molecule has 0 unspecified atom stereocenters. The van der Waals surface area contributed by atoms with Gasteiger partial charge in [-0.05, 0) is 22.0 Å². The van der Waals surface area contributed by atoms with E-state index in [1.807, 2.05) is 0 Å². The molecule has 0 aromatic carbocycles.